The Kier molecular flexibility index (Phi) is 5.55. The van der Waals surface area contributed by atoms with Crippen LogP contribution >= 0.6 is 39.7 Å². The van der Waals surface area contributed by atoms with Crippen molar-refractivity contribution >= 4 is 55.4 Å². The van der Waals surface area contributed by atoms with E-state index in [1.54, 1.807) is 11.4 Å². The van der Waals surface area contributed by atoms with Crippen molar-refractivity contribution in [3.63, 3.8) is 0 Å². The number of nitrogens with two attached hydrogens (primary N) is 1. The van der Waals surface area contributed by atoms with Gasteiger partial charge >= 0.3 is 0 Å². The van der Waals surface area contributed by atoms with Crippen molar-refractivity contribution < 1.29 is 8.42 Å². The average Bonchev–Trinajstić information content (AvgIpc) is 2.85. The summed E-state index contributed by atoms with van der Waals surface area (Å²) in [6.07, 6.45) is 2.70. The monoisotopic (exact) mass is 422 g/mol. The molecule has 1 aromatic carbocycles. The van der Waals surface area contributed by atoms with Crippen molar-refractivity contribution in [2.75, 3.05) is 5.73 Å². The lowest BCUT2D eigenvalue weighted by atomic mass is 9.88. The Labute approximate surface area is 148 Å². The van der Waals surface area contributed by atoms with Crippen LogP contribution < -0.4 is 10.5 Å². The van der Waals surface area contributed by atoms with E-state index >= 15 is 0 Å². The number of thiophene rings is 1. The van der Waals surface area contributed by atoms with Gasteiger partial charge in [0, 0.05) is 16.2 Å². The van der Waals surface area contributed by atoms with Gasteiger partial charge in [0.25, 0.3) is 10.0 Å². The lowest BCUT2D eigenvalue weighted by Gasteiger charge is -2.26. The number of hydrogen-bond acceptors (Lipinski definition) is 4. The van der Waals surface area contributed by atoms with Gasteiger partial charge in [0.05, 0.1) is 0 Å². The zero-order valence-electron chi connectivity index (χ0n) is 11.6. The molecule has 1 atom stereocenters. The molecule has 0 bridgehead atoms. The predicted molar refractivity (Wildman–Crippen MR) is 96.1 cm³/mol. The first kappa shape index (κ1) is 17.7. The number of nitrogens with one attached hydrogen (secondary N) is 1. The van der Waals surface area contributed by atoms with Crippen molar-refractivity contribution in [2.24, 2.45) is 0 Å². The quantitative estimate of drug-likeness (QED) is 0.736. The molecule has 0 saturated carbocycles. The van der Waals surface area contributed by atoms with Crippen molar-refractivity contribution in [1.29, 1.82) is 0 Å². The third kappa shape index (κ3) is 3.49. The molecule has 8 heteroatoms. The molecule has 1 heterocycles. The number of sulfonamides is 1. The molecule has 0 amide bonds. The minimum atomic E-state index is -3.51. The maximum Gasteiger partial charge on any atom is 0.251 e. The van der Waals surface area contributed by atoms with E-state index in [1.807, 2.05) is 18.2 Å². The predicted octanol–water partition coefficient (Wildman–Crippen LogP) is 3.87. The number of benzene rings is 1. The topological polar surface area (TPSA) is 72.2 Å². The van der Waals surface area contributed by atoms with Gasteiger partial charge in [0.15, 0.2) is 0 Å². The van der Waals surface area contributed by atoms with E-state index in [4.69, 9.17) is 5.73 Å². The second-order valence-corrected chi connectivity index (χ2v) is 8.76. The summed E-state index contributed by atoms with van der Waals surface area (Å²) in [5, 5.41) is 1.76. The van der Waals surface area contributed by atoms with E-state index in [-0.39, 0.29) is 18.4 Å². The van der Waals surface area contributed by atoms with Gasteiger partial charge in [0.1, 0.15) is 4.21 Å². The largest absolute Gasteiger partial charge is 0.399 e. The number of anilines is 1. The Bertz CT molecular complexity index is 777. The summed E-state index contributed by atoms with van der Waals surface area (Å²) in [4.78, 5) is 0. The fourth-order valence-electron chi connectivity index (χ4n) is 2.67. The zero-order chi connectivity index (χ0) is 15.0. The lowest BCUT2D eigenvalue weighted by Crippen LogP contribution is -2.30. The van der Waals surface area contributed by atoms with Crippen molar-refractivity contribution in [3.05, 3.63) is 45.2 Å². The van der Waals surface area contributed by atoms with E-state index in [0.717, 1.165) is 36.1 Å². The minimum Gasteiger partial charge on any atom is -0.399 e. The number of fused-ring (bicyclic) bond motifs is 1. The van der Waals surface area contributed by atoms with E-state index < -0.39 is 10.0 Å². The number of hydrogen-bond donors (Lipinski definition) is 2. The molecule has 3 N–H and O–H groups in total. The maximum absolute atomic E-state index is 12.5. The molecule has 0 saturated heterocycles. The second kappa shape index (κ2) is 6.88. The third-order valence-electron chi connectivity index (χ3n) is 3.61. The van der Waals surface area contributed by atoms with Crippen LogP contribution in [-0.4, -0.2) is 8.42 Å². The Morgan fingerprint density at radius 2 is 2.09 bits per heavy atom. The molecule has 2 aromatic rings. The van der Waals surface area contributed by atoms with Crippen LogP contribution in [0.1, 0.15) is 30.0 Å². The minimum absolute atomic E-state index is 0. The molecular weight excluding hydrogens is 408 g/mol. The molecular formula is C14H16BrClN2O2S2. The molecule has 0 radical (unpaired) electrons. The van der Waals surface area contributed by atoms with Crippen molar-refractivity contribution in [3.8, 4) is 0 Å². The average molecular weight is 424 g/mol. The molecule has 3 rings (SSSR count). The van der Waals surface area contributed by atoms with Crippen LogP contribution in [0, 0.1) is 0 Å². The maximum atomic E-state index is 12.5. The van der Waals surface area contributed by atoms with Gasteiger partial charge in [-0.25, -0.2) is 13.1 Å². The van der Waals surface area contributed by atoms with Crippen LogP contribution in [0.15, 0.2) is 38.3 Å². The molecule has 4 nitrogen and oxygen atoms in total. The van der Waals surface area contributed by atoms with E-state index in [0.29, 0.717) is 8.68 Å². The Balaban J connectivity index is 0.00000176. The smallest absolute Gasteiger partial charge is 0.251 e. The van der Waals surface area contributed by atoms with Gasteiger partial charge in [-0.05, 0) is 69.9 Å². The number of rotatable bonds is 3. The highest BCUT2D eigenvalue weighted by molar-refractivity contribution is 9.10. The molecule has 120 valence electrons. The molecule has 1 aromatic heterocycles. The summed E-state index contributed by atoms with van der Waals surface area (Å²) < 4.78 is 28.8. The molecule has 1 unspecified atom stereocenters. The highest BCUT2D eigenvalue weighted by Gasteiger charge is 2.27. The van der Waals surface area contributed by atoms with Gasteiger partial charge in [-0.2, -0.15) is 0 Å². The van der Waals surface area contributed by atoms with Crippen LogP contribution in [0.5, 0.6) is 0 Å². The van der Waals surface area contributed by atoms with Crippen LogP contribution in [0.2, 0.25) is 0 Å². The SMILES string of the molecule is Cl.Nc1ccc2c(c1)CCCC2NS(=O)(=O)c1sccc1Br. The first-order chi connectivity index (χ1) is 9.97. The number of halogens is 2. The molecule has 0 spiro atoms. The Morgan fingerprint density at radius 1 is 1.32 bits per heavy atom. The second-order valence-electron chi connectivity index (χ2n) is 5.08. The van der Waals surface area contributed by atoms with E-state index in [9.17, 15) is 8.42 Å². The lowest BCUT2D eigenvalue weighted by molar-refractivity contribution is 0.508. The standard InChI is InChI=1S/C14H15BrN2O2S2.ClH/c15-12-6-7-20-14(12)21(18,19)17-13-3-1-2-9-8-10(16)4-5-11(9)13;/h4-8,13,17H,1-3,16H2;1H. The highest BCUT2D eigenvalue weighted by atomic mass is 79.9. The van der Waals surface area contributed by atoms with Crippen LogP contribution in [-0.2, 0) is 16.4 Å². The van der Waals surface area contributed by atoms with Gasteiger partial charge < -0.3 is 5.73 Å². The van der Waals surface area contributed by atoms with Gasteiger partial charge in [-0.3, -0.25) is 0 Å². The Morgan fingerprint density at radius 3 is 2.77 bits per heavy atom. The summed E-state index contributed by atoms with van der Waals surface area (Å²) in [5.41, 5.74) is 8.70. The van der Waals surface area contributed by atoms with Gasteiger partial charge in [-0.15, -0.1) is 23.7 Å². The van der Waals surface area contributed by atoms with Crippen molar-refractivity contribution in [2.45, 2.75) is 29.5 Å². The molecule has 1 aliphatic carbocycles. The first-order valence-electron chi connectivity index (χ1n) is 6.61. The van der Waals surface area contributed by atoms with Crippen LogP contribution in [0.4, 0.5) is 5.69 Å². The summed E-state index contributed by atoms with van der Waals surface area (Å²) >= 11 is 4.49. The summed E-state index contributed by atoms with van der Waals surface area (Å²) in [5.74, 6) is 0. The highest BCUT2D eigenvalue weighted by Crippen LogP contribution is 2.34. The van der Waals surface area contributed by atoms with Crippen LogP contribution in [0.3, 0.4) is 0 Å². The van der Waals surface area contributed by atoms with Crippen molar-refractivity contribution in [1.82, 2.24) is 4.72 Å². The zero-order valence-corrected chi connectivity index (χ0v) is 15.6. The third-order valence-corrected chi connectivity index (χ3v) is 7.75. The van der Waals surface area contributed by atoms with Gasteiger partial charge in [-0.1, -0.05) is 6.07 Å². The van der Waals surface area contributed by atoms with E-state index in [1.165, 1.54) is 11.3 Å². The fraction of sp³-hybridized carbons (Fsp3) is 0.286. The molecule has 22 heavy (non-hydrogen) atoms. The summed E-state index contributed by atoms with van der Waals surface area (Å²) in [7, 11) is -3.51. The normalized spacial score (nSPS) is 17.6. The fourth-order valence-corrected chi connectivity index (χ4v) is 6.27. The molecule has 0 aliphatic heterocycles. The molecule has 1 aliphatic rings. The van der Waals surface area contributed by atoms with Gasteiger partial charge in [0.2, 0.25) is 0 Å². The number of aryl methyl sites for hydroxylation is 1. The summed E-state index contributed by atoms with van der Waals surface area (Å²) in [6, 6.07) is 7.26. The first-order valence-corrected chi connectivity index (χ1v) is 9.76. The van der Waals surface area contributed by atoms with E-state index in [2.05, 4.69) is 20.7 Å². The Hall–Kier alpha value is -0.600. The molecule has 0 fully saturated rings. The van der Waals surface area contributed by atoms with Crippen LogP contribution in [0.25, 0.3) is 0 Å². The summed E-state index contributed by atoms with van der Waals surface area (Å²) in [6.45, 7) is 0. The number of nitrogen functional groups attached to an aromatic ring is 1.